The number of anilines is 2. The first-order chi connectivity index (χ1) is 14.3. The van der Waals surface area contributed by atoms with Gasteiger partial charge < -0.3 is 15.6 Å². The molecule has 0 amide bonds. The van der Waals surface area contributed by atoms with Crippen LogP contribution >= 0.6 is 11.3 Å². The molecule has 0 fully saturated rings. The van der Waals surface area contributed by atoms with Crippen molar-refractivity contribution < 1.29 is 6.16 Å². The predicted octanol–water partition coefficient (Wildman–Crippen LogP) is 4.05. The molecule has 0 saturated carbocycles. The Balaban J connectivity index is 0.00000218. The molecule has 1 aliphatic rings. The molecule has 1 aliphatic heterocycles. The van der Waals surface area contributed by atoms with Crippen LogP contribution in [0.3, 0.4) is 0 Å². The molecule has 1 aromatic carbocycles. The summed E-state index contributed by atoms with van der Waals surface area (Å²) in [5.41, 5.74) is 14.8. The molecule has 0 saturated heterocycles. The van der Waals surface area contributed by atoms with E-state index in [1.54, 1.807) is 29.8 Å². The fourth-order valence-electron chi connectivity index (χ4n) is 3.04. The minimum atomic E-state index is 0. The van der Waals surface area contributed by atoms with Crippen LogP contribution in [0.5, 0.6) is 6.01 Å². The second-order valence-corrected chi connectivity index (χ2v) is 7.47. The van der Waals surface area contributed by atoms with Gasteiger partial charge in [0, 0.05) is 19.4 Å². The summed E-state index contributed by atoms with van der Waals surface area (Å²) in [4.78, 5) is 18.7. The summed E-state index contributed by atoms with van der Waals surface area (Å²) in [5, 5.41) is 0.857. The van der Waals surface area contributed by atoms with E-state index in [2.05, 4.69) is 37.4 Å². The Kier molecular flexibility index (Phi) is 4.51. The van der Waals surface area contributed by atoms with Crippen LogP contribution in [-0.4, -0.2) is 19.9 Å². The van der Waals surface area contributed by atoms with Gasteiger partial charge in [-0.2, -0.15) is 0 Å². The number of hydrazine groups is 2. The van der Waals surface area contributed by atoms with Crippen LogP contribution in [0.25, 0.3) is 21.8 Å². The van der Waals surface area contributed by atoms with Gasteiger partial charge in [-0.25, -0.2) is 19.9 Å². The lowest BCUT2D eigenvalue weighted by atomic mass is 10.1. The SMILES string of the molecule is Cc1nc(COc2ncccn2)sc1-c1cccc(-c2ccc3c(c2)NNN3)n1.[HH]. The van der Waals surface area contributed by atoms with Gasteiger partial charge in [-0.05, 0) is 37.3 Å². The van der Waals surface area contributed by atoms with Crippen molar-refractivity contribution in [3.05, 3.63) is 65.6 Å². The second-order valence-electron chi connectivity index (χ2n) is 6.39. The third-order valence-corrected chi connectivity index (χ3v) is 5.55. The third kappa shape index (κ3) is 3.60. The van der Waals surface area contributed by atoms with E-state index in [9.17, 15) is 0 Å². The standard InChI is InChI=1S/C20H17N7OS.H2/c1-12-19(29-18(23-12)11-28-20-21-8-3-9-22-20)16-5-2-4-14(24-16)13-6-7-15-17(10-13)26-27-25-15;/h2-10,25-27H,11H2,1H3;1H. The van der Waals surface area contributed by atoms with Crippen LogP contribution in [0.2, 0.25) is 0 Å². The van der Waals surface area contributed by atoms with Gasteiger partial charge in [-0.3, -0.25) is 0 Å². The largest absolute Gasteiger partial charge is 0.456 e. The number of pyridine rings is 1. The van der Waals surface area contributed by atoms with Crippen molar-refractivity contribution in [2.45, 2.75) is 13.5 Å². The summed E-state index contributed by atoms with van der Waals surface area (Å²) >= 11 is 1.57. The van der Waals surface area contributed by atoms with E-state index >= 15 is 0 Å². The Hall–Kier alpha value is -3.56. The summed E-state index contributed by atoms with van der Waals surface area (Å²) in [6.45, 7) is 2.31. The molecule has 0 aliphatic carbocycles. The summed E-state index contributed by atoms with van der Waals surface area (Å²) in [6, 6.07) is 14.3. The molecule has 0 spiro atoms. The monoisotopic (exact) mass is 405 g/mol. The number of hydrogen-bond acceptors (Lipinski definition) is 9. The number of aromatic nitrogens is 4. The zero-order valence-corrected chi connectivity index (χ0v) is 16.3. The van der Waals surface area contributed by atoms with Crippen LogP contribution < -0.4 is 21.1 Å². The molecule has 0 radical (unpaired) electrons. The summed E-state index contributed by atoms with van der Waals surface area (Å²) < 4.78 is 5.62. The molecular weight excluding hydrogens is 386 g/mol. The molecule has 3 aromatic heterocycles. The third-order valence-electron chi connectivity index (χ3n) is 4.40. The van der Waals surface area contributed by atoms with Crippen molar-refractivity contribution in [3.8, 4) is 27.8 Å². The van der Waals surface area contributed by atoms with E-state index in [-0.39, 0.29) is 1.43 Å². The number of benzene rings is 1. The lowest BCUT2D eigenvalue weighted by Crippen LogP contribution is -2.19. The normalized spacial score (nSPS) is 12.2. The van der Waals surface area contributed by atoms with E-state index < -0.39 is 0 Å². The number of aryl methyl sites for hydroxylation is 1. The fourth-order valence-corrected chi connectivity index (χ4v) is 3.99. The van der Waals surface area contributed by atoms with Crippen molar-refractivity contribution in [3.63, 3.8) is 0 Å². The van der Waals surface area contributed by atoms with Crippen LogP contribution in [-0.2, 0) is 6.61 Å². The Morgan fingerprint density at radius 2 is 1.79 bits per heavy atom. The van der Waals surface area contributed by atoms with E-state index in [0.717, 1.165) is 43.9 Å². The molecule has 3 N–H and O–H groups in total. The number of hydrogen-bond donors (Lipinski definition) is 3. The lowest BCUT2D eigenvalue weighted by molar-refractivity contribution is 0.280. The first-order valence-electron chi connectivity index (χ1n) is 9.01. The van der Waals surface area contributed by atoms with Crippen molar-refractivity contribution in [1.82, 2.24) is 25.5 Å². The highest BCUT2D eigenvalue weighted by Gasteiger charge is 2.14. The topological polar surface area (TPSA) is 96.9 Å². The van der Waals surface area contributed by atoms with Crippen LogP contribution in [0.4, 0.5) is 11.4 Å². The maximum atomic E-state index is 5.62. The van der Waals surface area contributed by atoms with Gasteiger partial charge in [0.15, 0.2) is 0 Å². The Morgan fingerprint density at radius 3 is 2.69 bits per heavy atom. The van der Waals surface area contributed by atoms with Gasteiger partial charge in [-0.15, -0.1) is 16.9 Å². The van der Waals surface area contributed by atoms with Crippen LogP contribution in [0.1, 0.15) is 12.1 Å². The Labute approximate surface area is 172 Å². The van der Waals surface area contributed by atoms with Gasteiger partial charge in [0.2, 0.25) is 0 Å². The fraction of sp³-hybridized carbons (Fsp3) is 0.100. The van der Waals surface area contributed by atoms with E-state index in [1.165, 1.54) is 0 Å². The average Bonchev–Trinajstić information content (AvgIpc) is 3.39. The van der Waals surface area contributed by atoms with Gasteiger partial charge >= 0.3 is 6.01 Å². The van der Waals surface area contributed by atoms with Gasteiger partial charge in [0.05, 0.1) is 33.3 Å². The molecule has 9 heteroatoms. The first-order valence-corrected chi connectivity index (χ1v) is 9.83. The zero-order chi connectivity index (χ0) is 19.6. The smallest absolute Gasteiger partial charge is 0.316 e. The molecule has 0 atom stereocenters. The van der Waals surface area contributed by atoms with Crippen LogP contribution in [0.15, 0.2) is 54.9 Å². The summed E-state index contributed by atoms with van der Waals surface area (Å²) in [6.07, 6.45) is 3.30. The zero-order valence-electron chi connectivity index (χ0n) is 15.5. The Bertz CT molecular complexity index is 1170. The predicted molar refractivity (Wildman–Crippen MR) is 114 cm³/mol. The van der Waals surface area contributed by atoms with Gasteiger partial charge in [0.1, 0.15) is 11.6 Å². The Morgan fingerprint density at radius 1 is 0.966 bits per heavy atom. The molecule has 4 heterocycles. The van der Waals surface area contributed by atoms with Crippen molar-refractivity contribution in [2.75, 3.05) is 10.9 Å². The lowest BCUT2D eigenvalue weighted by Gasteiger charge is -2.06. The quantitative estimate of drug-likeness (QED) is 0.458. The molecule has 5 rings (SSSR count). The number of thiazole rings is 1. The maximum absolute atomic E-state index is 5.62. The van der Waals surface area contributed by atoms with E-state index in [1.807, 2.05) is 37.3 Å². The maximum Gasteiger partial charge on any atom is 0.316 e. The van der Waals surface area contributed by atoms with Crippen molar-refractivity contribution in [1.29, 1.82) is 0 Å². The molecule has 4 aromatic rings. The summed E-state index contributed by atoms with van der Waals surface area (Å²) in [5.74, 6) is 0. The highest BCUT2D eigenvalue weighted by molar-refractivity contribution is 7.15. The second kappa shape index (κ2) is 7.46. The number of rotatable bonds is 5. The van der Waals surface area contributed by atoms with Gasteiger partial charge in [-0.1, -0.05) is 12.1 Å². The number of ether oxygens (including phenoxy) is 1. The molecule has 29 heavy (non-hydrogen) atoms. The minimum Gasteiger partial charge on any atom is -0.456 e. The number of nitrogens with zero attached hydrogens (tertiary/aromatic N) is 4. The molecule has 146 valence electrons. The van der Waals surface area contributed by atoms with Crippen molar-refractivity contribution >= 4 is 22.7 Å². The minimum absolute atomic E-state index is 0. The highest BCUT2D eigenvalue weighted by atomic mass is 32.1. The molecule has 8 nitrogen and oxygen atoms in total. The van der Waals surface area contributed by atoms with E-state index in [0.29, 0.717) is 12.6 Å². The average molecular weight is 405 g/mol. The molecule has 0 bridgehead atoms. The van der Waals surface area contributed by atoms with Crippen molar-refractivity contribution in [2.24, 2.45) is 0 Å². The van der Waals surface area contributed by atoms with Crippen LogP contribution in [0, 0.1) is 6.92 Å². The van der Waals surface area contributed by atoms with Gasteiger partial charge in [0.25, 0.3) is 0 Å². The molecule has 0 unspecified atom stereocenters. The molecular formula is C20H19N7OS. The number of nitrogens with one attached hydrogen (secondary N) is 3. The highest BCUT2D eigenvalue weighted by Crippen LogP contribution is 2.33. The summed E-state index contributed by atoms with van der Waals surface area (Å²) in [7, 11) is 0. The number of fused-ring (bicyclic) bond motifs is 1. The first kappa shape index (κ1) is 17.5. The van der Waals surface area contributed by atoms with E-state index in [4.69, 9.17) is 9.72 Å².